The van der Waals surface area contributed by atoms with Crippen molar-refractivity contribution in [2.24, 2.45) is 0 Å². The van der Waals surface area contributed by atoms with Crippen LogP contribution >= 0.6 is 0 Å². The van der Waals surface area contributed by atoms with Crippen molar-refractivity contribution in [3.63, 3.8) is 0 Å². The number of furan rings is 1. The van der Waals surface area contributed by atoms with E-state index < -0.39 is 5.60 Å². The third kappa shape index (κ3) is 3.45. The second-order valence-corrected chi connectivity index (χ2v) is 6.21. The Hall–Kier alpha value is -1.52. The molecule has 0 aliphatic heterocycles. The molecule has 1 heterocycles. The maximum atomic E-state index is 10.5. The van der Waals surface area contributed by atoms with Gasteiger partial charge in [0, 0.05) is 11.9 Å². The number of ether oxygens (including phenoxy) is 1. The van der Waals surface area contributed by atoms with Gasteiger partial charge in [-0.2, -0.15) is 0 Å². The summed E-state index contributed by atoms with van der Waals surface area (Å²) in [5.74, 6) is 1.67. The summed E-state index contributed by atoms with van der Waals surface area (Å²) in [7, 11) is 0. The summed E-state index contributed by atoms with van der Waals surface area (Å²) in [6.07, 6.45) is 5.29. The predicted octanol–water partition coefficient (Wildman–Crippen LogP) is 3.62. The zero-order chi connectivity index (χ0) is 15.4. The van der Waals surface area contributed by atoms with Crippen molar-refractivity contribution < 1.29 is 14.3 Å². The summed E-state index contributed by atoms with van der Waals surface area (Å²) >= 11 is 0. The van der Waals surface area contributed by atoms with Crippen LogP contribution in [0.15, 0.2) is 28.7 Å². The number of para-hydroxylation sites is 1. The first kappa shape index (κ1) is 15.4. The van der Waals surface area contributed by atoms with Crippen LogP contribution in [0.3, 0.4) is 0 Å². The van der Waals surface area contributed by atoms with Gasteiger partial charge >= 0.3 is 0 Å². The topological polar surface area (TPSA) is 54.6 Å². The number of benzene rings is 1. The smallest absolute Gasteiger partial charge is 0.176 e. The molecule has 3 rings (SSSR count). The van der Waals surface area contributed by atoms with Crippen LogP contribution in [0.5, 0.6) is 5.75 Å². The van der Waals surface area contributed by atoms with Crippen molar-refractivity contribution in [1.29, 1.82) is 0 Å². The lowest BCUT2D eigenvalue weighted by atomic mass is 9.85. The average molecular weight is 303 g/mol. The molecule has 1 fully saturated rings. The van der Waals surface area contributed by atoms with Crippen LogP contribution in [0.25, 0.3) is 11.0 Å². The van der Waals surface area contributed by atoms with Crippen molar-refractivity contribution in [3.05, 3.63) is 30.0 Å². The van der Waals surface area contributed by atoms with Crippen LogP contribution in [0.4, 0.5) is 0 Å². The molecule has 120 valence electrons. The third-order valence-electron chi connectivity index (χ3n) is 4.40. The van der Waals surface area contributed by atoms with Gasteiger partial charge in [0.1, 0.15) is 5.76 Å². The van der Waals surface area contributed by atoms with E-state index in [0.717, 1.165) is 48.2 Å². The molecule has 1 aromatic heterocycles. The Bertz CT molecular complexity index is 614. The molecule has 0 spiro atoms. The van der Waals surface area contributed by atoms with Gasteiger partial charge in [-0.05, 0) is 31.9 Å². The molecule has 22 heavy (non-hydrogen) atoms. The van der Waals surface area contributed by atoms with E-state index in [1.54, 1.807) is 0 Å². The Kier molecular flexibility index (Phi) is 4.69. The summed E-state index contributed by atoms with van der Waals surface area (Å²) in [6.45, 7) is 3.85. The second-order valence-electron chi connectivity index (χ2n) is 6.21. The Morgan fingerprint density at radius 1 is 1.27 bits per heavy atom. The molecule has 0 amide bonds. The van der Waals surface area contributed by atoms with E-state index in [1.165, 1.54) is 6.42 Å². The first-order valence-corrected chi connectivity index (χ1v) is 8.27. The zero-order valence-corrected chi connectivity index (χ0v) is 13.2. The van der Waals surface area contributed by atoms with Gasteiger partial charge in [-0.25, -0.2) is 0 Å². The lowest BCUT2D eigenvalue weighted by Crippen LogP contribution is -2.41. The van der Waals surface area contributed by atoms with E-state index in [9.17, 15) is 5.11 Å². The third-order valence-corrected chi connectivity index (χ3v) is 4.40. The van der Waals surface area contributed by atoms with Gasteiger partial charge in [0.2, 0.25) is 0 Å². The summed E-state index contributed by atoms with van der Waals surface area (Å²) in [6, 6.07) is 7.97. The summed E-state index contributed by atoms with van der Waals surface area (Å²) in [5.41, 5.74) is 0.262. The van der Waals surface area contributed by atoms with Crippen LogP contribution in [0.2, 0.25) is 0 Å². The molecule has 4 nitrogen and oxygen atoms in total. The first-order valence-electron chi connectivity index (χ1n) is 8.27. The van der Waals surface area contributed by atoms with E-state index in [0.29, 0.717) is 19.7 Å². The molecule has 1 aromatic carbocycles. The monoisotopic (exact) mass is 303 g/mol. The summed E-state index contributed by atoms with van der Waals surface area (Å²) < 4.78 is 11.5. The molecule has 0 bridgehead atoms. The van der Waals surface area contributed by atoms with Crippen molar-refractivity contribution in [2.75, 3.05) is 13.2 Å². The quantitative estimate of drug-likeness (QED) is 0.856. The molecule has 1 aliphatic carbocycles. The van der Waals surface area contributed by atoms with Gasteiger partial charge in [-0.15, -0.1) is 0 Å². The van der Waals surface area contributed by atoms with Gasteiger partial charge in [0.05, 0.1) is 18.8 Å². The van der Waals surface area contributed by atoms with Gasteiger partial charge in [-0.3, -0.25) is 0 Å². The predicted molar refractivity (Wildman–Crippen MR) is 87.1 cm³/mol. The van der Waals surface area contributed by atoms with Crippen molar-refractivity contribution in [1.82, 2.24) is 5.32 Å². The van der Waals surface area contributed by atoms with Gasteiger partial charge in [-0.1, -0.05) is 31.4 Å². The minimum absolute atomic E-state index is 0.541. The molecule has 1 saturated carbocycles. The minimum Gasteiger partial charge on any atom is -0.490 e. The molecular weight excluding hydrogens is 278 g/mol. The van der Waals surface area contributed by atoms with Crippen LogP contribution < -0.4 is 10.1 Å². The molecule has 0 radical (unpaired) electrons. The molecule has 0 saturated heterocycles. The maximum absolute atomic E-state index is 10.5. The molecule has 0 unspecified atom stereocenters. The fourth-order valence-electron chi connectivity index (χ4n) is 3.25. The highest BCUT2D eigenvalue weighted by Crippen LogP contribution is 2.29. The van der Waals surface area contributed by atoms with Gasteiger partial charge < -0.3 is 19.6 Å². The highest BCUT2D eigenvalue weighted by Gasteiger charge is 2.28. The fraction of sp³-hybridized carbons (Fsp3) is 0.556. The van der Waals surface area contributed by atoms with E-state index in [2.05, 4.69) is 5.32 Å². The van der Waals surface area contributed by atoms with Crippen LogP contribution in [0.1, 0.15) is 44.8 Å². The number of hydrogen-bond acceptors (Lipinski definition) is 4. The van der Waals surface area contributed by atoms with E-state index in [4.69, 9.17) is 9.15 Å². The standard InChI is InChI=1S/C18H25NO3/c1-2-21-16-8-6-7-14-11-15(22-17(14)16)12-19-13-18(20)9-4-3-5-10-18/h6-8,11,19-20H,2-5,9-10,12-13H2,1H3. The summed E-state index contributed by atoms with van der Waals surface area (Å²) in [4.78, 5) is 0. The number of rotatable bonds is 6. The second kappa shape index (κ2) is 6.71. The highest BCUT2D eigenvalue weighted by molar-refractivity contribution is 5.83. The molecular formula is C18H25NO3. The molecule has 2 aromatic rings. The van der Waals surface area contributed by atoms with Crippen LogP contribution in [-0.4, -0.2) is 23.9 Å². The molecule has 4 heteroatoms. The Morgan fingerprint density at radius 2 is 2.09 bits per heavy atom. The van der Waals surface area contributed by atoms with Crippen molar-refractivity contribution >= 4 is 11.0 Å². The largest absolute Gasteiger partial charge is 0.490 e. The van der Waals surface area contributed by atoms with Crippen molar-refractivity contribution in [3.8, 4) is 5.75 Å². The van der Waals surface area contributed by atoms with Crippen LogP contribution in [0, 0.1) is 0 Å². The highest BCUT2D eigenvalue weighted by atomic mass is 16.5. The van der Waals surface area contributed by atoms with E-state index >= 15 is 0 Å². The van der Waals surface area contributed by atoms with E-state index in [1.807, 2.05) is 31.2 Å². The number of nitrogens with one attached hydrogen (secondary N) is 1. The van der Waals surface area contributed by atoms with Gasteiger partial charge in [0.15, 0.2) is 11.3 Å². The minimum atomic E-state index is -0.541. The Labute approximate surface area is 131 Å². The SMILES string of the molecule is CCOc1cccc2cc(CNCC3(O)CCCCC3)oc12. The average Bonchev–Trinajstić information content (AvgIpc) is 2.92. The number of aliphatic hydroxyl groups is 1. The van der Waals surface area contributed by atoms with Crippen LogP contribution in [-0.2, 0) is 6.54 Å². The molecule has 2 N–H and O–H groups in total. The van der Waals surface area contributed by atoms with Gasteiger partial charge in [0.25, 0.3) is 0 Å². The van der Waals surface area contributed by atoms with E-state index in [-0.39, 0.29) is 0 Å². The fourth-order valence-corrected chi connectivity index (χ4v) is 3.25. The zero-order valence-electron chi connectivity index (χ0n) is 13.2. The van der Waals surface area contributed by atoms with Crippen molar-refractivity contribution in [2.45, 2.75) is 51.2 Å². The maximum Gasteiger partial charge on any atom is 0.176 e. The molecule has 0 atom stereocenters. The first-order chi connectivity index (χ1) is 10.7. The Balaban J connectivity index is 1.63. The lowest BCUT2D eigenvalue weighted by molar-refractivity contribution is 0.00440. The lowest BCUT2D eigenvalue weighted by Gasteiger charge is -2.32. The number of fused-ring (bicyclic) bond motifs is 1. The normalized spacial score (nSPS) is 17.7. The molecule has 1 aliphatic rings. The summed E-state index contributed by atoms with van der Waals surface area (Å²) in [5, 5.41) is 14.9. The Morgan fingerprint density at radius 3 is 2.86 bits per heavy atom. The number of hydrogen-bond donors (Lipinski definition) is 2.